The molecule has 0 saturated heterocycles. The van der Waals surface area contributed by atoms with Crippen LogP contribution in [0.15, 0.2) is 65.5 Å². The van der Waals surface area contributed by atoms with Gasteiger partial charge in [-0.15, -0.1) is 22.7 Å². The van der Waals surface area contributed by atoms with E-state index >= 15 is 0 Å². The van der Waals surface area contributed by atoms with E-state index < -0.39 is 0 Å². The standard InChI is InChI=1S/C21H18N2O2S2/c1-25-19-7-3-2-5-16(19)12-23(13-17-6-4-10-26-17)21(24)15-8-9-18-20(11-15)27-14-22-18/h2-11,14H,12-13H2,1H3. The minimum Gasteiger partial charge on any atom is -0.496 e. The fraction of sp³-hybridized carbons (Fsp3) is 0.143. The average Bonchev–Trinajstić information content (AvgIpc) is 3.38. The Hall–Kier alpha value is -2.70. The Morgan fingerprint density at radius 1 is 1.07 bits per heavy atom. The molecule has 0 bridgehead atoms. The second-order valence-electron chi connectivity index (χ2n) is 6.09. The van der Waals surface area contributed by atoms with E-state index in [1.54, 1.807) is 35.3 Å². The number of thiophene rings is 1. The van der Waals surface area contributed by atoms with Crippen molar-refractivity contribution < 1.29 is 9.53 Å². The Morgan fingerprint density at radius 3 is 2.78 bits per heavy atom. The molecule has 4 nitrogen and oxygen atoms in total. The highest BCUT2D eigenvalue weighted by atomic mass is 32.1. The molecule has 6 heteroatoms. The van der Waals surface area contributed by atoms with E-state index in [-0.39, 0.29) is 5.91 Å². The first-order chi connectivity index (χ1) is 13.2. The van der Waals surface area contributed by atoms with E-state index in [9.17, 15) is 4.79 Å². The minimum absolute atomic E-state index is 0.00426. The molecule has 1 amide bonds. The van der Waals surface area contributed by atoms with Crippen molar-refractivity contribution in [2.75, 3.05) is 7.11 Å². The summed E-state index contributed by atoms with van der Waals surface area (Å²) in [5.41, 5.74) is 4.39. The number of benzene rings is 2. The van der Waals surface area contributed by atoms with E-state index in [0.29, 0.717) is 18.7 Å². The van der Waals surface area contributed by atoms with Crippen LogP contribution >= 0.6 is 22.7 Å². The molecule has 2 heterocycles. The summed E-state index contributed by atoms with van der Waals surface area (Å²) in [5, 5.41) is 2.03. The van der Waals surface area contributed by atoms with Crippen LogP contribution in [-0.2, 0) is 13.1 Å². The Balaban J connectivity index is 1.66. The van der Waals surface area contributed by atoms with Crippen LogP contribution in [0.5, 0.6) is 5.75 Å². The fourth-order valence-corrected chi connectivity index (χ4v) is 4.44. The zero-order valence-electron chi connectivity index (χ0n) is 14.8. The van der Waals surface area contributed by atoms with Crippen LogP contribution in [0.4, 0.5) is 0 Å². The van der Waals surface area contributed by atoms with E-state index in [4.69, 9.17) is 4.74 Å². The SMILES string of the molecule is COc1ccccc1CN(Cc1cccs1)C(=O)c1ccc2ncsc2c1. The third-order valence-electron chi connectivity index (χ3n) is 4.35. The van der Waals surface area contributed by atoms with Crippen LogP contribution in [0.3, 0.4) is 0 Å². The summed E-state index contributed by atoms with van der Waals surface area (Å²) in [7, 11) is 1.65. The zero-order chi connectivity index (χ0) is 18.6. The number of methoxy groups -OCH3 is 1. The molecule has 0 fully saturated rings. The number of fused-ring (bicyclic) bond motifs is 1. The molecule has 0 aliphatic heterocycles. The zero-order valence-corrected chi connectivity index (χ0v) is 16.4. The van der Waals surface area contributed by atoms with Gasteiger partial charge in [-0.3, -0.25) is 4.79 Å². The van der Waals surface area contributed by atoms with Gasteiger partial charge < -0.3 is 9.64 Å². The van der Waals surface area contributed by atoms with Gasteiger partial charge in [-0.25, -0.2) is 4.98 Å². The summed E-state index contributed by atoms with van der Waals surface area (Å²) < 4.78 is 6.49. The molecule has 0 aliphatic rings. The Kier molecular flexibility index (Phi) is 5.18. The van der Waals surface area contributed by atoms with Gasteiger partial charge in [0.1, 0.15) is 5.75 Å². The summed E-state index contributed by atoms with van der Waals surface area (Å²) >= 11 is 3.20. The lowest BCUT2D eigenvalue weighted by Crippen LogP contribution is -2.30. The summed E-state index contributed by atoms with van der Waals surface area (Å²) in [6.45, 7) is 1.05. The fourth-order valence-electron chi connectivity index (χ4n) is 3.00. The Morgan fingerprint density at radius 2 is 1.96 bits per heavy atom. The second-order valence-corrected chi connectivity index (χ2v) is 8.01. The van der Waals surface area contributed by atoms with Crippen molar-refractivity contribution in [1.29, 1.82) is 0 Å². The molecule has 0 atom stereocenters. The van der Waals surface area contributed by atoms with Gasteiger partial charge in [-0.1, -0.05) is 24.3 Å². The maximum Gasteiger partial charge on any atom is 0.254 e. The Labute approximate surface area is 165 Å². The number of thiazole rings is 1. The summed E-state index contributed by atoms with van der Waals surface area (Å²) in [6.07, 6.45) is 0. The normalized spacial score (nSPS) is 10.9. The number of hydrogen-bond donors (Lipinski definition) is 0. The van der Waals surface area contributed by atoms with E-state index in [1.165, 1.54) is 0 Å². The minimum atomic E-state index is 0.00426. The predicted octanol–water partition coefficient (Wildman–Crippen LogP) is 5.21. The number of ether oxygens (including phenoxy) is 1. The van der Waals surface area contributed by atoms with Crippen molar-refractivity contribution in [1.82, 2.24) is 9.88 Å². The lowest BCUT2D eigenvalue weighted by atomic mass is 10.1. The van der Waals surface area contributed by atoms with Gasteiger partial charge in [-0.2, -0.15) is 0 Å². The molecule has 0 unspecified atom stereocenters. The first-order valence-corrected chi connectivity index (χ1v) is 10.3. The van der Waals surface area contributed by atoms with Crippen molar-refractivity contribution >= 4 is 38.8 Å². The molecule has 136 valence electrons. The molecular formula is C21H18N2O2S2. The molecule has 0 spiro atoms. The monoisotopic (exact) mass is 394 g/mol. The molecule has 2 aromatic heterocycles. The summed E-state index contributed by atoms with van der Waals surface area (Å²) in [5.74, 6) is 0.795. The highest BCUT2D eigenvalue weighted by Gasteiger charge is 2.19. The molecule has 0 saturated carbocycles. The second kappa shape index (κ2) is 7.90. The highest BCUT2D eigenvalue weighted by molar-refractivity contribution is 7.16. The number of aromatic nitrogens is 1. The van der Waals surface area contributed by atoms with Gasteiger partial charge >= 0.3 is 0 Å². The van der Waals surface area contributed by atoms with Crippen LogP contribution in [0.25, 0.3) is 10.2 Å². The lowest BCUT2D eigenvalue weighted by molar-refractivity contribution is 0.0731. The summed E-state index contributed by atoms with van der Waals surface area (Å²) in [4.78, 5) is 20.6. The first-order valence-electron chi connectivity index (χ1n) is 8.51. The van der Waals surface area contributed by atoms with E-state index in [2.05, 4.69) is 11.1 Å². The molecule has 0 radical (unpaired) electrons. The van der Waals surface area contributed by atoms with Crippen LogP contribution in [0.2, 0.25) is 0 Å². The van der Waals surface area contributed by atoms with Crippen molar-refractivity contribution in [2.24, 2.45) is 0 Å². The largest absolute Gasteiger partial charge is 0.496 e. The van der Waals surface area contributed by atoms with Gasteiger partial charge in [0, 0.05) is 16.0 Å². The molecule has 4 rings (SSSR count). The molecule has 4 aromatic rings. The van der Waals surface area contributed by atoms with E-state index in [1.807, 2.05) is 58.8 Å². The number of para-hydroxylation sites is 1. The maximum absolute atomic E-state index is 13.3. The third-order valence-corrected chi connectivity index (χ3v) is 6.00. The van der Waals surface area contributed by atoms with E-state index in [0.717, 1.165) is 26.4 Å². The average molecular weight is 395 g/mol. The van der Waals surface area contributed by atoms with Gasteiger partial charge in [-0.05, 0) is 35.7 Å². The van der Waals surface area contributed by atoms with Gasteiger partial charge in [0.2, 0.25) is 0 Å². The summed E-state index contributed by atoms with van der Waals surface area (Å²) in [6, 6.07) is 17.6. The van der Waals surface area contributed by atoms with Crippen LogP contribution < -0.4 is 4.74 Å². The maximum atomic E-state index is 13.3. The van der Waals surface area contributed by atoms with Gasteiger partial charge in [0.15, 0.2) is 0 Å². The van der Waals surface area contributed by atoms with Crippen molar-refractivity contribution in [3.05, 3.63) is 81.5 Å². The number of nitrogens with zero attached hydrogens (tertiary/aromatic N) is 2. The van der Waals surface area contributed by atoms with Gasteiger partial charge in [0.05, 0.1) is 35.9 Å². The number of rotatable bonds is 6. The van der Waals surface area contributed by atoms with Crippen LogP contribution in [-0.4, -0.2) is 22.9 Å². The number of carbonyl (C=O) groups excluding carboxylic acids is 1. The number of hydrogen-bond acceptors (Lipinski definition) is 5. The molecule has 0 aliphatic carbocycles. The molecule has 27 heavy (non-hydrogen) atoms. The van der Waals surface area contributed by atoms with Crippen molar-refractivity contribution in [2.45, 2.75) is 13.1 Å². The van der Waals surface area contributed by atoms with Gasteiger partial charge in [0.25, 0.3) is 5.91 Å². The quantitative estimate of drug-likeness (QED) is 0.451. The van der Waals surface area contributed by atoms with Crippen LogP contribution in [0.1, 0.15) is 20.8 Å². The Bertz CT molecular complexity index is 1060. The van der Waals surface area contributed by atoms with Crippen molar-refractivity contribution in [3.63, 3.8) is 0 Å². The first kappa shape index (κ1) is 17.7. The third kappa shape index (κ3) is 3.86. The molecular weight excluding hydrogens is 376 g/mol. The number of carbonyl (C=O) groups is 1. The topological polar surface area (TPSA) is 42.4 Å². The molecule has 0 N–H and O–H groups in total. The highest BCUT2D eigenvalue weighted by Crippen LogP contribution is 2.25. The number of amides is 1. The van der Waals surface area contributed by atoms with Crippen LogP contribution in [0, 0.1) is 0 Å². The van der Waals surface area contributed by atoms with Crippen molar-refractivity contribution in [3.8, 4) is 5.75 Å². The lowest BCUT2D eigenvalue weighted by Gasteiger charge is -2.23. The predicted molar refractivity (Wildman–Crippen MR) is 111 cm³/mol. The molecule has 2 aromatic carbocycles. The smallest absolute Gasteiger partial charge is 0.254 e.